The molecule has 0 saturated heterocycles. The minimum atomic E-state index is -0.458. The lowest BCUT2D eigenvalue weighted by molar-refractivity contribution is -0.128. The first-order valence-electron chi connectivity index (χ1n) is 4.94. The van der Waals surface area contributed by atoms with Crippen molar-refractivity contribution in [1.29, 1.82) is 0 Å². The van der Waals surface area contributed by atoms with E-state index < -0.39 is 6.29 Å². The smallest absolute Gasteiger partial charge is 0.174 e. The first-order valence-corrected chi connectivity index (χ1v) is 4.94. The number of methoxy groups -OCH3 is 2. The third-order valence-electron chi connectivity index (χ3n) is 2.82. The Morgan fingerprint density at radius 3 is 2.87 bits per heavy atom. The van der Waals surface area contributed by atoms with Gasteiger partial charge >= 0.3 is 0 Å². The van der Waals surface area contributed by atoms with Crippen molar-refractivity contribution in [3.05, 3.63) is 23.7 Å². The summed E-state index contributed by atoms with van der Waals surface area (Å²) in [6.45, 7) is 0. The van der Waals surface area contributed by atoms with Crippen molar-refractivity contribution in [2.75, 3.05) is 14.2 Å². The molecule has 0 fully saturated rings. The lowest BCUT2D eigenvalue weighted by Gasteiger charge is -2.26. The molecule has 15 heavy (non-hydrogen) atoms. The molecule has 0 bridgehead atoms. The third-order valence-corrected chi connectivity index (χ3v) is 2.82. The summed E-state index contributed by atoms with van der Waals surface area (Å²) < 4.78 is 15.5. The Kier molecular flexibility index (Phi) is 2.88. The SMILES string of the molecule is COC(OC)C1CCc2occc2C1=O. The molecular formula is C11H14O4. The standard InChI is InChI=1S/C11H14O4/c1-13-11(14-2)8-3-4-9-7(10(8)12)5-6-15-9/h5-6,8,11H,3-4H2,1-2H3. The Morgan fingerprint density at radius 1 is 1.47 bits per heavy atom. The number of aryl methyl sites for hydroxylation is 1. The molecule has 1 aliphatic rings. The Balaban J connectivity index is 2.23. The van der Waals surface area contributed by atoms with E-state index in [-0.39, 0.29) is 11.7 Å². The summed E-state index contributed by atoms with van der Waals surface area (Å²) in [4.78, 5) is 12.0. The number of ether oxygens (including phenoxy) is 2. The van der Waals surface area contributed by atoms with Gasteiger partial charge in [0, 0.05) is 20.6 Å². The van der Waals surface area contributed by atoms with Crippen molar-refractivity contribution in [2.24, 2.45) is 5.92 Å². The van der Waals surface area contributed by atoms with Crippen LogP contribution in [0, 0.1) is 5.92 Å². The van der Waals surface area contributed by atoms with Gasteiger partial charge in [-0.15, -0.1) is 0 Å². The van der Waals surface area contributed by atoms with E-state index in [2.05, 4.69) is 0 Å². The second-order valence-electron chi connectivity index (χ2n) is 3.61. The van der Waals surface area contributed by atoms with Crippen LogP contribution in [0.25, 0.3) is 0 Å². The van der Waals surface area contributed by atoms with Crippen LogP contribution in [0.2, 0.25) is 0 Å². The lowest BCUT2D eigenvalue weighted by atomic mass is 9.86. The monoisotopic (exact) mass is 210 g/mol. The molecule has 1 aromatic heterocycles. The number of Topliss-reactive ketones (excluding diaryl/α,β-unsaturated/α-hetero) is 1. The third kappa shape index (κ3) is 1.70. The van der Waals surface area contributed by atoms with Crippen molar-refractivity contribution < 1.29 is 18.7 Å². The molecule has 0 amide bonds. The number of hydrogen-bond donors (Lipinski definition) is 0. The number of fused-ring (bicyclic) bond motifs is 1. The normalized spacial score (nSPS) is 20.7. The minimum Gasteiger partial charge on any atom is -0.469 e. The molecule has 0 spiro atoms. The summed E-state index contributed by atoms with van der Waals surface area (Å²) in [5.74, 6) is 0.617. The topological polar surface area (TPSA) is 48.7 Å². The fourth-order valence-corrected chi connectivity index (χ4v) is 2.06. The summed E-state index contributed by atoms with van der Waals surface area (Å²) in [7, 11) is 3.10. The minimum absolute atomic E-state index is 0.0544. The molecule has 4 heteroatoms. The van der Waals surface area contributed by atoms with Gasteiger partial charge in [0.25, 0.3) is 0 Å². The Labute approximate surface area is 88.2 Å². The van der Waals surface area contributed by atoms with Gasteiger partial charge in [0.05, 0.1) is 17.7 Å². The molecule has 0 N–H and O–H groups in total. The molecule has 1 heterocycles. The van der Waals surface area contributed by atoms with Gasteiger partial charge in [-0.3, -0.25) is 4.79 Å². The number of carbonyl (C=O) groups excluding carboxylic acids is 1. The molecule has 4 nitrogen and oxygen atoms in total. The van der Waals surface area contributed by atoms with Gasteiger partial charge in [-0.05, 0) is 12.5 Å². The maximum atomic E-state index is 12.0. The molecule has 1 aromatic rings. The van der Waals surface area contributed by atoms with Gasteiger partial charge in [-0.1, -0.05) is 0 Å². The molecule has 1 unspecified atom stereocenters. The lowest BCUT2D eigenvalue weighted by Crippen LogP contribution is -2.34. The highest BCUT2D eigenvalue weighted by molar-refractivity contribution is 5.99. The van der Waals surface area contributed by atoms with E-state index in [0.29, 0.717) is 12.0 Å². The Bertz CT molecular complexity index is 351. The summed E-state index contributed by atoms with van der Waals surface area (Å²) >= 11 is 0. The van der Waals surface area contributed by atoms with Crippen LogP contribution in [-0.2, 0) is 15.9 Å². The van der Waals surface area contributed by atoms with E-state index in [0.717, 1.165) is 12.2 Å². The average molecular weight is 210 g/mol. The van der Waals surface area contributed by atoms with Crippen LogP contribution in [0.3, 0.4) is 0 Å². The fraction of sp³-hybridized carbons (Fsp3) is 0.545. The van der Waals surface area contributed by atoms with Crippen molar-refractivity contribution in [1.82, 2.24) is 0 Å². The highest BCUT2D eigenvalue weighted by Crippen LogP contribution is 2.29. The van der Waals surface area contributed by atoms with Gasteiger partial charge in [0.1, 0.15) is 5.76 Å². The maximum Gasteiger partial charge on any atom is 0.174 e. The van der Waals surface area contributed by atoms with E-state index in [9.17, 15) is 4.79 Å². The van der Waals surface area contributed by atoms with Crippen LogP contribution in [0.5, 0.6) is 0 Å². The van der Waals surface area contributed by atoms with E-state index in [1.54, 1.807) is 26.5 Å². The number of ketones is 1. The quantitative estimate of drug-likeness (QED) is 0.711. The van der Waals surface area contributed by atoms with E-state index >= 15 is 0 Å². The maximum absolute atomic E-state index is 12.0. The van der Waals surface area contributed by atoms with Crippen molar-refractivity contribution in [3.8, 4) is 0 Å². The number of furan rings is 1. The number of hydrogen-bond acceptors (Lipinski definition) is 4. The summed E-state index contributed by atoms with van der Waals surface area (Å²) in [5, 5.41) is 0. The van der Waals surface area contributed by atoms with Gasteiger partial charge in [-0.25, -0.2) is 0 Å². The Hall–Kier alpha value is -1.13. The van der Waals surface area contributed by atoms with Crippen LogP contribution in [-0.4, -0.2) is 26.3 Å². The summed E-state index contributed by atoms with van der Waals surface area (Å²) in [6, 6.07) is 1.71. The zero-order chi connectivity index (χ0) is 10.8. The first-order chi connectivity index (χ1) is 7.27. The van der Waals surface area contributed by atoms with Gasteiger partial charge in [0.15, 0.2) is 12.1 Å². The predicted molar refractivity (Wildman–Crippen MR) is 52.7 cm³/mol. The molecule has 0 aliphatic heterocycles. The van der Waals surface area contributed by atoms with Crippen molar-refractivity contribution >= 4 is 5.78 Å². The second kappa shape index (κ2) is 4.16. The second-order valence-corrected chi connectivity index (χ2v) is 3.61. The molecule has 82 valence electrons. The zero-order valence-corrected chi connectivity index (χ0v) is 8.86. The largest absolute Gasteiger partial charge is 0.469 e. The van der Waals surface area contributed by atoms with Crippen LogP contribution in [0.4, 0.5) is 0 Å². The van der Waals surface area contributed by atoms with E-state index in [1.807, 2.05) is 0 Å². The molecule has 1 aliphatic carbocycles. The van der Waals surface area contributed by atoms with E-state index in [1.165, 1.54) is 0 Å². The van der Waals surface area contributed by atoms with Crippen molar-refractivity contribution in [2.45, 2.75) is 19.1 Å². The van der Waals surface area contributed by atoms with Crippen LogP contribution in [0.1, 0.15) is 22.5 Å². The van der Waals surface area contributed by atoms with Crippen LogP contribution < -0.4 is 0 Å². The Morgan fingerprint density at radius 2 is 2.20 bits per heavy atom. The van der Waals surface area contributed by atoms with Gasteiger partial charge in [-0.2, -0.15) is 0 Å². The van der Waals surface area contributed by atoms with Crippen LogP contribution >= 0.6 is 0 Å². The molecular weight excluding hydrogens is 196 g/mol. The van der Waals surface area contributed by atoms with E-state index in [4.69, 9.17) is 13.9 Å². The number of carbonyl (C=O) groups is 1. The van der Waals surface area contributed by atoms with Gasteiger partial charge in [0.2, 0.25) is 0 Å². The molecule has 0 saturated carbocycles. The molecule has 2 rings (SSSR count). The average Bonchev–Trinajstić information content (AvgIpc) is 2.71. The summed E-state index contributed by atoms with van der Waals surface area (Å²) in [5.41, 5.74) is 0.672. The van der Waals surface area contributed by atoms with Crippen molar-refractivity contribution in [3.63, 3.8) is 0 Å². The molecule has 0 aromatic carbocycles. The molecule has 0 radical (unpaired) electrons. The summed E-state index contributed by atoms with van der Waals surface area (Å²) in [6.07, 6.45) is 2.58. The highest BCUT2D eigenvalue weighted by atomic mass is 16.7. The van der Waals surface area contributed by atoms with Gasteiger partial charge < -0.3 is 13.9 Å². The predicted octanol–water partition coefficient (Wildman–Crippen LogP) is 1.64. The van der Waals surface area contributed by atoms with Crippen LogP contribution in [0.15, 0.2) is 16.7 Å². The first kappa shape index (κ1) is 10.4. The number of rotatable bonds is 3. The highest BCUT2D eigenvalue weighted by Gasteiger charge is 2.35. The molecule has 1 atom stereocenters. The zero-order valence-electron chi connectivity index (χ0n) is 8.86. The fourth-order valence-electron chi connectivity index (χ4n) is 2.06.